The van der Waals surface area contributed by atoms with Crippen molar-refractivity contribution in [3.05, 3.63) is 0 Å². The molecule has 5 unspecified atom stereocenters. The summed E-state index contributed by atoms with van der Waals surface area (Å²) in [5, 5.41) is 0. The number of unbranched alkanes of at least 4 members (excludes halogenated alkanes) is 1. The minimum absolute atomic E-state index is 0.0413. The predicted octanol–water partition coefficient (Wildman–Crippen LogP) is 4.27. The summed E-state index contributed by atoms with van der Waals surface area (Å²) >= 11 is 0. The zero-order chi connectivity index (χ0) is 15.2. The monoisotopic (exact) mass is 297 g/mol. The molecule has 2 fully saturated rings. The molecule has 0 aromatic carbocycles. The van der Waals surface area contributed by atoms with Crippen LogP contribution in [0, 0.1) is 17.8 Å². The second kappa shape index (κ2) is 8.50. The Morgan fingerprint density at radius 2 is 1.86 bits per heavy atom. The van der Waals surface area contributed by atoms with Gasteiger partial charge in [0.1, 0.15) is 0 Å². The van der Waals surface area contributed by atoms with Crippen molar-refractivity contribution in [3.8, 4) is 0 Å². The fraction of sp³-hybridized carbons (Fsp3) is 1.00. The second-order valence-electron chi connectivity index (χ2n) is 7.31. The number of fused-ring (bicyclic) bond motifs is 1. The summed E-state index contributed by atoms with van der Waals surface area (Å²) < 4.78 is 11.5. The van der Waals surface area contributed by atoms with Crippen LogP contribution in [0.1, 0.15) is 66.2 Å². The molecule has 2 heterocycles. The van der Waals surface area contributed by atoms with E-state index in [1.807, 2.05) is 0 Å². The SMILES string of the molecule is CCCCC(C)CC(CC(C)CC)C1COC2OCCN21. The van der Waals surface area contributed by atoms with E-state index >= 15 is 0 Å². The minimum Gasteiger partial charge on any atom is -0.338 e. The molecule has 0 saturated carbocycles. The lowest BCUT2D eigenvalue weighted by atomic mass is 9.81. The van der Waals surface area contributed by atoms with E-state index < -0.39 is 0 Å². The molecule has 124 valence electrons. The van der Waals surface area contributed by atoms with Gasteiger partial charge >= 0.3 is 0 Å². The summed E-state index contributed by atoms with van der Waals surface area (Å²) in [6, 6.07) is 0.579. The lowest BCUT2D eigenvalue weighted by Crippen LogP contribution is -2.40. The maximum atomic E-state index is 5.85. The van der Waals surface area contributed by atoms with Crippen LogP contribution in [-0.2, 0) is 9.47 Å². The standard InChI is InChI=1S/C18H35NO2/c1-5-7-8-15(4)12-16(11-14(3)6-2)17-13-21-18-19(17)9-10-20-18/h14-18H,5-13H2,1-4H3. The van der Waals surface area contributed by atoms with Crippen molar-refractivity contribution in [2.24, 2.45) is 17.8 Å². The highest BCUT2D eigenvalue weighted by Crippen LogP contribution is 2.35. The van der Waals surface area contributed by atoms with Crippen molar-refractivity contribution in [1.82, 2.24) is 4.90 Å². The topological polar surface area (TPSA) is 21.7 Å². The molecule has 0 radical (unpaired) electrons. The second-order valence-corrected chi connectivity index (χ2v) is 7.31. The molecule has 5 atom stereocenters. The van der Waals surface area contributed by atoms with Gasteiger partial charge in [0.25, 0.3) is 0 Å². The number of rotatable bonds is 9. The largest absolute Gasteiger partial charge is 0.338 e. The Kier molecular flexibility index (Phi) is 6.97. The van der Waals surface area contributed by atoms with Crippen LogP contribution in [0.25, 0.3) is 0 Å². The minimum atomic E-state index is -0.0413. The van der Waals surface area contributed by atoms with Gasteiger partial charge in [-0.15, -0.1) is 0 Å². The van der Waals surface area contributed by atoms with Crippen LogP contribution in [0.2, 0.25) is 0 Å². The third-order valence-electron chi connectivity index (χ3n) is 5.42. The Morgan fingerprint density at radius 1 is 1.10 bits per heavy atom. The highest BCUT2D eigenvalue weighted by molar-refractivity contribution is 4.87. The van der Waals surface area contributed by atoms with E-state index in [-0.39, 0.29) is 6.41 Å². The van der Waals surface area contributed by atoms with Crippen molar-refractivity contribution in [2.45, 2.75) is 78.7 Å². The van der Waals surface area contributed by atoms with Gasteiger partial charge < -0.3 is 9.47 Å². The van der Waals surface area contributed by atoms with Crippen LogP contribution in [0.15, 0.2) is 0 Å². The maximum absolute atomic E-state index is 5.85. The van der Waals surface area contributed by atoms with E-state index in [1.54, 1.807) is 0 Å². The molecule has 21 heavy (non-hydrogen) atoms. The molecule has 0 bridgehead atoms. The summed E-state index contributed by atoms with van der Waals surface area (Å²) in [6.07, 6.45) is 7.99. The van der Waals surface area contributed by atoms with Crippen molar-refractivity contribution in [2.75, 3.05) is 19.8 Å². The highest BCUT2D eigenvalue weighted by Gasteiger charge is 2.42. The first-order valence-corrected chi connectivity index (χ1v) is 9.14. The van der Waals surface area contributed by atoms with Gasteiger partial charge in [-0.3, -0.25) is 0 Å². The van der Waals surface area contributed by atoms with Crippen LogP contribution >= 0.6 is 0 Å². The Morgan fingerprint density at radius 3 is 2.57 bits per heavy atom. The summed E-state index contributed by atoms with van der Waals surface area (Å²) in [5.74, 6) is 2.41. The summed E-state index contributed by atoms with van der Waals surface area (Å²) in [4.78, 5) is 2.47. The Labute approximate surface area is 131 Å². The molecule has 2 aliphatic heterocycles. The molecule has 0 N–H and O–H groups in total. The third-order valence-corrected chi connectivity index (χ3v) is 5.42. The normalized spacial score (nSPS) is 30.3. The molecule has 0 aromatic rings. The van der Waals surface area contributed by atoms with E-state index in [0.717, 1.165) is 37.5 Å². The first-order valence-electron chi connectivity index (χ1n) is 9.14. The summed E-state index contributed by atoms with van der Waals surface area (Å²) in [5.41, 5.74) is 0. The van der Waals surface area contributed by atoms with Gasteiger partial charge in [-0.25, -0.2) is 4.90 Å². The van der Waals surface area contributed by atoms with Crippen LogP contribution < -0.4 is 0 Å². The zero-order valence-corrected chi connectivity index (χ0v) is 14.5. The van der Waals surface area contributed by atoms with Crippen molar-refractivity contribution >= 4 is 0 Å². The molecule has 0 spiro atoms. The molecule has 2 rings (SSSR count). The van der Waals surface area contributed by atoms with Gasteiger partial charge in [0, 0.05) is 12.6 Å². The lowest BCUT2D eigenvalue weighted by Gasteiger charge is -2.32. The number of nitrogens with zero attached hydrogens (tertiary/aromatic N) is 1. The molecule has 2 aliphatic rings. The molecule has 0 aliphatic carbocycles. The molecule has 0 amide bonds. The Hall–Kier alpha value is -0.120. The van der Waals surface area contributed by atoms with Gasteiger partial charge in [-0.2, -0.15) is 0 Å². The van der Waals surface area contributed by atoms with Crippen LogP contribution in [0.5, 0.6) is 0 Å². The van der Waals surface area contributed by atoms with Crippen molar-refractivity contribution in [1.29, 1.82) is 0 Å². The third kappa shape index (κ3) is 4.67. The quantitative estimate of drug-likeness (QED) is 0.634. The smallest absolute Gasteiger partial charge is 0.219 e. The van der Waals surface area contributed by atoms with Gasteiger partial charge in [0.2, 0.25) is 6.41 Å². The maximum Gasteiger partial charge on any atom is 0.219 e. The molecular weight excluding hydrogens is 262 g/mol. The van der Waals surface area contributed by atoms with Crippen molar-refractivity contribution in [3.63, 3.8) is 0 Å². The average molecular weight is 297 g/mol. The van der Waals surface area contributed by atoms with Crippen LogP contribution in [0.3, 0.4) is 0 Å². The first-order chi connectivity index (χ1) is 10.2. The molecular formula is C18H35NO2. The Bertz CT molecular complexity index is 297. The summed E-state index contributed by atoms with van der Waals surface area (Å²) in [7, 11) is 0. The Balaban J connectivity index is 1.94. The van der Waals surface area contributed by atoms with Gasteiger partial charge in [0.05, 0.1) is 13.2 Å². The summed E-state index contributed by atoms with van der Waals surface area (Å²) in [6.45, 7) is 12.2. The van der Waals surface area contributed by atoms with Crippen molar-refractivity contribution < 1.29 is 9.47 Å². The fourth-order valence-electron chi connectivity index (χ4n) is 3.89. The molecule has 3 heteroatoms. The van der Waals surface area contributed by atoms with Gasteiger partial charge in [-0.1, -0.05) is 53.4 Å². The van der Waals surface area contributed by atoms with Crippen LogP contribution in [-0.4, -0.2) is 37.1 Å². The van der Waals surface area contributed by atoms with E-state index in [2.05, 4.69) is 32.6 Å². The van der Waals surface area contributed by atoms with Crippen LogP contribution in [0.4, 0.5) is 0 Å². The average Bonchev–Trinajstić information content (AvgIpc) is 3.07. The predicted molar refractivity (Wildman–Crippen MR) is 87.1 cm³/mol. The number of ether oxygens (including phenoxy) is 2. The fourth-order valence-corrected chi connectivity index (χ4v) is 3.89. The number of hydrogen-bond acceptors (Lipinski definition) is 3. The van der Waals surface area contributed by atoms with Gasteiger partial charge in [-0.05, 0) is 30.6 Å². The first kappa shape index (κ1) is 17.2. The zero-order valence-electron chi connectivity index (χ0n) is 14.5. The molecule has 2 saturated heterocycles. The van der Waals surface area contributed by atoms with E-state index in [9.17, 15) is 0 Å². The number of hydrogen-bond donors (Lipinski definition) is 0. The van der Waals surface area contributed by atoms with E-state index in [0.29, 0.717) is 6.04 Å². The van der Waals surface area contributed by atoms with E-state index in [4.69, 9.17) is 9.47 Å². The molecule has 0 aromatic heterocycles. The van der Waals surface area contributed by atoms with Gasteiger partial charge in [0.15, 0.2) is 0 Å². The lowest BCUT2D eigenvalue weighted by molar-refractivity contribution is -0.123. The van der Waals surface area contributed by atoms with E-state index in [1.165, 1.54) is 38.5 Å². The highest BCUT2D eigenvalue weighted by atomic mass is 16.7. The molecule has 3 nitrogen and oxygen atoms in total.